The lowest BCUT2D eigenvalue weighted by molar-refractivity contribution is -0.189. The third-order valence-corrected chi connectivity index (χ3v) is 6.72. The number of hydrogen-bond donors (Lipinski definition) is 1. The van der Waals surface area contributed by atoms with Crippen molar-refractivity contribution in [3.05, 3.63) is 29.3 Å². The highest BCUT2D eigenvalue weighted by Gasteiger charge is 2.51. The van der Waals surface area contributed by atoms with Crippen LogP contribution in [0.3, 0.4) is 0 Å². The van der Waals surface area contributed by atoms with E-state index in [-0.39, 0.29) is 35.7 Å². The van der Waals surface area contributed by atoms with Gasteiger partial charge in [-0.15, -0.1) is 0 Å². The summed E-state index contributed by atoms with van der Waals surface area (Å²) in [6.07, 6.45) is 2.86. The van der Waals surface area contributed by atoms with Gasteiger partial charge in [0.1, 0.15) is 11.4 Å². The molecule has 0 unspecified atom stereocenters. The number of hydrogen-bond acceptors (Lipinski definition) is 4. The number of piperidine rings is 1. The second kappa shape index (κ2) is 6.78. The number of likely N-dealkylation sites (tertiary alicyclic amines) is 1. The zero-order chi connectivity index (χ0) is 19.3. The van der Waals surface area contributed by atoms with Crippen molar-refractivity contribution in [2.24, 2.45) is 17.6 Å². The SMILES string of the molecule is CC[C@H](N)C(=O)N1CC[C@H]2O[C@H]3c4ccc(C)cc4OC(C)(C)[C@@H]3C[C@H]2C1. The third kappa shape index (κ3) is 3.25. The first-order chi connectivity index (χ1) is 12.8. The van der Waals surface area contributed by atoms with Gasteiger partial charge in [0.15, 0.2) is 0 Å². The van der Waals surface area contributed by atoms with Crippen molar-refractivity contribution in [1.29, 1.82) is 0 Å². The van der Waals surface area contributed by atoms with Gasteiger partial charge in [-0.3, -0.25) is 4.79 Å². The van der Waals surface area contributed by atoms with Crippen molar-refractivity contribution in [2.75, 3.05) is 13.1 Å². The van der Waals surface area contributed by atoms with E-state index in [1.807, 2.05) is 11.8 Å². The van der Waals surface area contributed by atoms with Gasteiger partial charge >= 0.3 is 0 Å². The minimum Gasteiger partial charge on any atom is -0.487 e. The minimum absolute atomic E-state index is 0.0748. The average molecular weight is 373 g/mol. The van der Waals surface area contributed by atoms with Gasteiger partial charge in [0.25, 0.3) is 0 Å². The summed E-state index contributed by atoms with van der Waals surface area (Å²) < 4.78 is 13.1. The van der Waals surface area contributed by atoms with Crippen LogP contribution >= 0.6 is 0 Å². The van der Waals surface area contributed by atoms with Gasteiger partial charge in [-0.2, -0.15) is 0 Å². The monoisotopic (exact) mass is 372 g/mol. The molecule has 0 bridgehead atoms. The smallest absolute Gasteiger partial charge is 0.239 e. The Morgan fingerprint density at radius 2 is 2.19 bits per heavy atom. The van der Waals surface area contributed by atoms with Gasteiger partial charge in [0, 0.05) is 30.5 Å². The molecular weight excluding hydrogens is 340 g/mol. The molecule has 27 heavy (non-hydrogen) atoms. The molecule has 5 atom stereocenters. The maximum absolute atomic E-state index is 12.5. The van der Waals surface area contributed by atoms with Crippen LogP contribution in [0.2, 0.25) is 0 Å². The Morgan fingerprint density at radius 3 is 2.93 bits per heavy atom. The lowest BCUT2D eigenvalue weighted by atomic mass is 9.70. The number of carbonyl (C=O) groups is 1. The van der Waals surface area contributed by atoms with Crippen LogP contribution in [0, 0.1) is 18.8 Å². The molecule has 0 radical (unpaired) electrons. The number of nitrogens with zero attached hydrogens (tertiary/aromatic N) is 1. The molecule has 0 aliphatic carbocycles. The van der Waals surface area contributed by atoms with Crippen LogP contribution in [-0.2, 0) is 9.53 Å². The number of rotatable bonds is 2. The van der Waals surface area contributed by atoms with E-state index in [0.29, 0.717) is 12.3 Å². The molecule has 3 heterocycles. The van der Waals surface area contributed by atoms with E-state index in [0.717, 1.165) is 31.7 Å². The lowest BCUT2D eigenvalue weighted by Crippen LogP contribution is -2.57. The molecule has 1 amide bonds. The first-order valence-corrected chi connectivity index (χ1v) is 10.3. The third-order valence-electron chi connectivity index (χ3n) is 6.72. The van der Waals surface area contributed by atoms with Gasteiger partial charge in [-0.25, -0.2) is 0 Å². The highest BCUT2D eigenvalue weighted by molar-refractivity contribution is 5.81. The van der Waals surface area contributed by atoms with Gasteiger partial charge < -0.3 is 20.1 Å². The van der Waals surface area contributed by atoms with Crippen LogP contribution in [0.1, 0.15) is 57.3 Å². The number of amides is 1. The van der Waals surface area contributed by atoms with E-state index >= 15 is 0 Å². The number of benzene rings is 1. The predicted octanol–water partition coefficient (Wildman–Crippen LogP) is 3.20. The number of fused-ring (bicyclic) bond motifs is 4. The first-order valence-electron chi connectivity index (χ1n) is 10.3. The molecule has 0 spiro atoms. The molecular formula is C22H32N2O3. The van der Waals surface area contributed by atoms with Crippen molar-refractivity contribution < 1.29 is 14.3 Å². The van der Waals surface area contributed by atoms with E-state index in [9.17, 15) is 4.79 Å². The second-order valence-electron chi connectivity index (χ2n) is 9.03. The number of aryl methyl sites for hydroxylation is 1. The predicted molar refractivity (Wildman–Crippen MR) is 105 cm³/mol. The molecule has 148 valence electrons. The van der Waals surface area contributed by atoms with Crippen LogP contribution < -0.4 is 10.5 Å². The van der Waals surface area contributed by atoms with Crippen LogP contribution in [0.15, 0.2) is 18.2 Å². The number of ether oxygens (including phenoxy) is 2. The van der Waals surface area contributed by atoms with Crippen molar-refractivity contribution in [3.63, 3.8) is 0 Å². The normalized spacial score (nSPS) is 32.6. The zero-order valence-corrected chi connectivity index (χ0v) is 16.9. The lowest BCUT2D eigenvalue weighted by Gasteiger charge is -2.53. The fourth-order valence-electron chi connectivity index (χ4n) is 5.02. The summed E-state index contributed by atoms with van der Waals surface area (Å²) in [5, 5.41) is 0. The number of nitrogens with two attached hydrogens (primary N) is 1. The highest BCUT2D eigenvalue weighted by Crippen LogP contribution is 2.53. The Balaban J connectivity index is 1.57. The molecule has 1 aromatic carbocycles. The van der Waals surface area contributed by atoms with Crippen LogP contribution in [-0.4, -0.2) is 41.6 Å². The molecule has 2 fully saturated rings. The summed E-state index contributed by atoms with van der Waals surface area (Å²) in [7, 11) is 0. The van der Waals surface area contributed by atoms with Crippen molar-refractivity contribution in [1.82, 2.24) is 4.90 Å². The maximum atomic E-state index is 12.5. The first kappa shape index (κ1) is 18.8. The molecule has 5 heteroatoms. The van der Waals surface area contributed by atoms with Crippen molar-refractivity contribution in [2.45, 2.75) is 70.8 Å². The van der Waals surface area contributed by atoms with E-state index in [1.54, 1.807) is 0 Å². The Labute approximate surface area is 162 Å². The highest BCUT2D eigenvalue weighted by atomic mass is 16.5. The zero-order valence-electron chi connectivity index (χ0n) is 16.9. The molecule has 1 aromatic rings. The summed E-state index contributed by atoms with van der Waals surface area (Å²) in [6, 6.07) is 6.04. The summed E-state index contributed by atoms with van der Waals surface area (Å²) >= 11 is 0. The van der Waals surface area contributed by atoms with Gasteiger partial charge in [-0.1, -0.05) is 19.1 Å². The fourth-order valence-corrected chi connectivity index (χ4v) is 5.02. The molecule has 2 N–H and O–H groups in total. The van der Waals surface area contributed by atoms with Gasteiger partial charge in [0.2, 0.25) is 5.91 Å². The molecule has 4 rings (SSSR count). The maximum Gasteiger partial charge on any atom is 0.239 e. The Morgan fingerprint density at radius 1 is 1.41 bits per heavy atom. The Hall–Kier alpha value is -1.59. The summed E-state index contributed by atoms with van der Waals surface area (Å²) in [5.74, 6) is 1.67. The topological polar surface area (TPSA) is 64.8 Å². The average Bonchev–Trinajstić information content (AvgIpc) is 2.64. The van der Waals surface area contributed by atoms with Crippen molar-refractivity contribution in [3.8, 4) is 5.75 Å². The van der Waals surface area contributed by atoms with Gasteiger partial charge in [0.05, 0.1) is 18.2 Å². The Kier molecular flexibility index (Phi) is 4.71. The van der Waals surface area contributed by atoms with E-state index in [2.05, 4.69) is 39.0 Å². The van der Waals surface area contributed by atoms with E-state index in [4.69, 9.17) is 15.2 Å². The molecule has 0 saturated carbocycles. The van der Waals surface area contributed by atoms with Crippen molar-refractivity contribution >= 4 is 5.91 Å². The molecule has 3 aliphatic rings. The molecule has 0 aromatic heterocycles. The molecule has 5 nitrogen and oxygen atoms in total. The quantitative estimate of drug-likeness (QED) is 0.866. The largest absolute Gasteiger partial charge is 0.487 e. The van der Waals surface area contributed by atoms with Gasteiger partial charge in [-0.05, 0) is 51.7 Å². The Bertz CT molecular complexity index is 732. The van der Waals surface area contributed by atoms with E-state index in [1.165, 1.54) is 11.1 Å². The molecule has 2 saturated heterocycles. The summed E-state index contributed by atoms with van der Waals surface area (Å²) in [4.78, 5) is 14.5. The minimum atomic E-state index is -0.386. The second-order valence-corrected chi connectivity index (χ2v) is 9.03. The number of carbonyl (C=O) groups excluding carboxylic acids is 1. The summed E-state index contributed by atoms with van der Waals surface area (Å²) in [5.41, 5.74) is 8.08. The van der Waals surface area contributed by atoms with Crippen LogP contribution in [0.4, 0.5) is 0 Å². The van der Waals surface area contributed by atoms with Crippen LogP contribution in [0.5, 0.6) is 5.75 Å². The fraction of sp³-hybridized carbons (Fsp3) is 0.682. The van der Waals surface area contributed by atoms with Crippen LogP contribution in [0.25, 0.3) is 0 Å². The molecule has 3 aliphatic heterocycles. The standard InChI is InChI=1S/C22H32N2O3/c1-5-17(23)21(25)24-9-8-18-14(12-24)11-16-20(26-18)15-7-6-13(2)10-19(15)27-22(16,3)4/h6-7,10,14,16-18,20H,5,8-9,11-12,23H2,1-4H3/t14-,16+,17-,18+,20-/m0/s1. The summed E-state index contributed by atoms with van der Waals surface area (Å²) in [6.45, 7) is 9.87. The van der Waals surface area contributed by atoms with E-state index < -0.39 is 0 Å².